The number of benzene rings is 1. The van der Waals surface area contributed by atoms with E-state index in [1.165, 1.54) is 17.0 Å². The summed E-state index contributed by atoms with van der Waals surface area (Å²) in [5.41, 5.74) is 5.56. The number of carbonyl (C=O) groups excluding carboxylic acids is 2. The maximum Gasteiger partial charge on any atom is 0.227 e. The molecule has 2 amide bonds. The highest BCUT2D eigenvalue weighted by Gasteiger charge is 2.34. The minimum absolute atomic E-state index is 0.0725. The highest BCUT2D eigenvalue weighted by atomic mass is 35.5. The normalized spacial score (nSPS) is 19.8. The molecule has 1 saturated heterocycles. The number of anilines is 1. The van der Waals surface area contributed by atoms with E-state index < -0.39 is 17.6 Å². The molecule has 2 rings (SSSR count). The average molecular weight is 257 g/mol. The number of rotatable bonds is 2. The first-order valence-corrected chi connectivity index (χ1v) is 5.41. The fraction of sp³-hybridized carbons (Fsp3) is 0.273. The molecule has 6 heteroatoms. The van der Waals surface area contributed by atoms with Gasteiger partial charge in [0.2, 0.25) is 11.8 Å². The minimum Gasteiger partial charge on any atom is -0.369 e. The van der Waals surface area contributed by atoms with Crippen LogP contribution in [-0.2, 0) is 9.59 Å². The summed E-state index contributed by atoms with van der Waals surface area (Å²) < 4.78 is 12.9. The van der Waals surface area contributed by atoms with Crippen LogP contribution in [-0.4, -0.2) is 18.4 Å². The summed E-state index contributed by atoms with van der Waals surface area (Å²) in [7, 11) is 0. The van der Waals surface area contributed by atoms with Crippen molar-refractivity contribution >= 4 is 29.1 Å². The Bertz CT molecular complexity index is 492. The van der Waals surface area contributed by atoms with Crippen LogP contribution in [0, 0.1) is 11.7 Å². The average Bonchev–Trinajstić information content (AvgIpc) is 2.61. The van der Waals surface area contributed by atoms with E-state index in [4.69, 9.17) is 17.3 Å². The molecule has 1 aromatic carbocycles. The van der Waals surface area contributed by atoms with E-state index in [2.05, 4.69) is 0 Å². The van der Waals surface area contributed by atoms with E-state index in [1.807, 2.05) is 0 Å². The van der Waals surface area contributed by atoms with E-state index >= 15 is 0 Å². The zero-order valence-corrected chi connectivity index (χ0v) is 9.58. The van der Waals surface area contributed by atoms with Crippen LogP contribution in [0.5, 0.6) is 0 Å². The molecule has 0 radical (unpaired) electrons. The molecule has 2 N–H and O–H groups in total. The van der Waals surface area contributed by atoms with Gasteiger partial charge in [0, 0.05) is 13.0 Å². The van der Waals surface area contributed by atoms with Gasteiger partial charge in [-0.3, -0.25) is 9.59 Å². The van der Waals surface area contributed by atoms with Crippen molar-refractivity contribution in [2.75, 3.05) is 11.4 Å². The fourth-order valence-corrected chi connectivity index (χ4v) is 2.10. The molecule has 4 nitrogen and oxygen atoms in total. The molecule has 1 atom stereocenters. The number of hydrogen-bond donors (Lipinski definition) is 1. The van der Waals surface area contributed by atoms with Crippen LogP contribution in [0.1, 0.15) is 6.42 Å². The molecule has 0 aromatic heterocycles. The van der Waals surface area contributed by atoms with Gasteiger partial charge < -0.3 is 10.6 Å². The molecule has 1 aromatic rings. The van der Waals surface area contributed by atoms with Crippen molar-refractivity contribution in [3.05, 3.63) is 29.0 Å². The lowest BCUT2D eigenvalue weighted by atomic mass is 10.1. The zero-order chi connectivity index (χ0) is 12.6. The molecule has 1 heterocycles. The molecule has 0 bridgehead atoms. The summed E-state index contributed by atoms with van der Waals surface area (Å²) in [4.78, 5) is 24.1. The van der Waals surface area contributed by atoms with Crippen LogP contribution in [0.25, 0.3) is 0 Å². The van der Waals surface area contributed by atoms with Gasteiger partial charge in [0.05, 0.1) is 16.6 Å². The Kier molecular flexibility index (Phi) is 3.02. The lowest BCUT2D eigenvalue weighted by Crippen LogP contribution is -2.28. The van der Waals surface area contributed by atoms with Gasteiger partial charge in [-0.25, -0.2) is 4.39 Å². The molecule has 17 heavy (non-hydrogen) atoms. The van der Waals surface area contributed by atoms with Crippen LogP contribution in [0.3, 0.4) is 0 Å². The predicted molar refractivity (Wildman–Crippen MR) is 61.1 cm³/mol. The van der Waals surface area contributed by atoms with Gasteiger partial charge in [-0.15, -0.1) is 0 Å². The molecule has 1 fully saturated rings. The summed E-state index contributed by atoms with van der Waals surface area (Å²) in [6.07, 6.45) is 0.0725. The van der Waals surface area contributed by atoms with Crippen LogP contribution in [0.15, 0.2) is 18.2 Å². The maximum atomic E-state index is 12.9. The van der Waals surface area contributed by atoms with Crippen molar-refractivity contribution in [3.63, 3.8) is 0 Å². The highest BCUT2D eigenvalue weighted by molar-refractivity contribution is 6.33. The van der Waals surface area contributed by atoms with Gasteiger partial charge in [0.1, 0.15) is 5.82 Å². The Hall–Kier alpha value is -1.62. The van der Waals surface area contributed by atoms with Crippen molar-refractivity contribution in [1.29, 1.82) is 0 Å². The Morgan fingerprint density at radius 3 is 2.76 bits per heavy atom. The lowest BCUT2D eigenvalue weighted by molar-refractivity contribution is -0.123. The summed E-state index contributed by atoms with van der Waals surface area (Å²) >= 11 is 5.85. The molecule has 90 valence electrons. The van der Waals surface area contributed by atoms with Crippen molar-refractivity contribution in [2.24, 2.45) is 11.7 Å². The number of nitrogens with two attached hydrogens (primary N) is 1. The molecule has 0 aliphatic carbocycles. The predicted octanol–water partition coefficient (Wildman–Crippen LogP) is 1.32. The Balaban J connectivity index is 2.29. The van der Waals surface area contributed by atoms with Crippen LogP contribution >= 0.6 is 11.6 Å². The third-order valence-corrected chi connectivity index (χ3v) is 3.03. The minimum atomic E-state index is -0.515. The molecule has 0 saturated carbocycles. The van der Waals surface area contributed by atoms with Gasteiger partial charge in [-0.05, 0) is 18.2 Å². The van der Waals surface area contributed by atoms with Crippen molar-refractivity contribution in [2.45, 2.75) is 6.42 Å². The lowest BCUT2D eigenvalue weighted by Gasteiger charge is -2.17. The third-order valence-electron chi connectivity index (χ3n) is 2.73. The van der Waals surface area contributed by atoms with Crippen LogP contribution in [0.4, 0.5) is 10.1 Å². The fourth-order valence-electron chi connectivity index (χ4n) is 1.83. The number of nitrogens with zero attached hydrogens (tertiary/aromatic N) is 1. The van der Waals surface area contributed by atoms with E-state index in [1.54, 1.807) is 0 Å². The standard InChI is InChI=1S/C11H10ClFN2O2/c12-8-4-7(13)1-2-9(8)15-5-6(11(14)17)3-10(15)16/h1-2,4,6H,3,5H2,(H2,14,17). The molecule has 1 aliphatic heterocycles. The van der Waals surface area contributed by atoms with E-state index in [0.717, 1.165) is 6.07 Å². The van der Waals surface area contributed by atoms with E-state index in [0.29, 0.717) is 5.69 Å². The van der Waals surface area contributed by atoms with E-state index in [-0.39, 0.29) is 23.9 Å². The zero-order valence-electron chi connectivity index (χ0n) is 8.82. The summed E-state index contributed by atoms with van der Waals surface area (Å²) in [6, 6.07) is 3.76. The smallest absolute Gasteiger partial charge is 0.227 e. The third kappa shape index (κ3) is 2.24. The quantitative estimate of drug-likeness (QED) is 0.867. The Morgan fingerprint density at radius 1 is 1.53 bits per heavy atom. The molecule has 1 unspecified atom stereocenters. The van der Waals surface area contributed by atoms with Gasteiger partial charge in [-0.2, -0.15) is 0 Å². The summed E-state index contributed by atoms with van der Waals surface area (Å²) in [6.45, 7) is 0.194. The van der Waals surface area contributed by atoms with E-state index in [9.17, 15) is 14.0 Å². The number of halogens is 2. The molecular weight excluding hydrogens is 247 g/mol. The second kappa shape index (κ2) is 4.33. The van der Waals surface area contributed by atoms with Crippen LogP contribution < -0.4 is 10.6 Å². The number of amides is 2. The van der Waals surface area contributed by atoms with Crippen molar-refractivity contribution < 1.29 is 14.0 Å². The topological polar surface area (TPSA) is 63.4 Å². The second-order valence-corrected chi connectivity index (χ2v) is 4.31. The number of primary amides is 1. The number of carbonyl (C=O) groups is 2. The van der Waals surface area contributed by atoms with Crippen LogP contribution in [0.2, 0.25) is 5.02 Å². The maximum absolute atomic E-state index is 12.9. The Labute approximate surface area is 102 Å². The summed E-state index contributed by atoms with van der Waals surface area (Å²) in [5, 5.41) is 0.142. The van der Waals surface area contributed by atoms with Gasteiger partial charge in [0.25, 0.3) is 0 Å². The SMILES string of the molecule is NC(=O)C1CC(=O)N(c2ccc(F)cc2Cl)C1. The highest BCUT2D eigenvalue weighted by Crippen LogP contribution is 2.31. The van der Waals surface area contributed by atoms with Gasteiger partial charge in [-0.1, -0.05) is 11.6 Å². The molecular formula is C11H10ClFN2O2. The summed E-state index contributed by atoms with van der Waals surface area (Å²) in [5.74, 6) is -1.73. The molecule has 0 spiro atoms. The first-order chi connectivity index (χ1) is 7.99. The second-order valence-electron chi connectivity index (χ2n) is 3.90. The first-order valence-electron chi connectivity index (χ1n) is 5.04. The van der Waals surface area contributed by atoms with Gasteiger partial charge >= 0.3 is 0 Å². The largest absolute Gasteiger partial charge is 0.369 e. The Morgan fingerprint density at radius 2 is 2.24 bits per heavy atom. The molecule has 1 aliphatic rings. The van der Waals surface area contributed by atoms with Crippen molar-refractivity contribution in [3.8, 4) is 0 Å². The number of hydrogen-bond acceptors (Lipinski definition) is 2. The first kappa shape index (κ1) is 11.9. The van der Waals surface area contributed by atoms with Gasteiger partial charge in [0.15, 0.2) is 0 Å². The monoisotopic (exact) mass is 256 g/mol. The van der Waals surface area contributed by atoms with Crippen molar-refractivity contribution in [1.82, 2.24) is 0 Å².